The number of phenols is 1. The predicted molar refractivity (Wildman–Crippen MR) is 98.5 cm³/mol. The third kappa shape index (κ3) is 2.40. The summed E-state index contributed by atoms with van der Waals surface area (Å²) in [4.78, 5) is 0. The molecule has 0 saturated carbocycles. The average molecular weight is 312 g/mol. The van der Waals surface area contributed by atoms with Crippen LogP contribution in [0.5, 0.6) is 5.75 Å². The lowest BCUT2D eigenvalue weighted by atomic mass is 10.0. The van der Waals surface area contributed by atoms with Crippen molar-refractivity contribution in [2.45, 2.75) is 6.92 Å². The first-order chi connectivity index (χ1) is 11.7. The van der Waals surface area contributed by atoms with E-state index in [1.54, 1.807) is 6.07 Å². The number of phenolic OH excluding ortho intramolecular Hbond substituents is 1. The summed E-state index contributed by atoms with van der Waals surface area (Å²) < 4.78 is 0. The molecule has 3 nitrogen and oxygen atoms in total. The van der Waals surface area contributed by atoms with Crippen LogP contribution < -0.4 is 0 Å². The molecule has 24 heavy (non-hydrogen) atoms. The van der Waals surface area contributed by atoms with E-state index in [2.05, 4.69) is 23.2 Å². The zero-order valence-electron chi connectivity index (χ0n) is 13.3. The van der Waals surface area contributed by atoms with Gasteiger partial charge in [0.2, 0.25) is 0 Å². The molecule has 4 aromatic carbocycles. The van der Waals surface area contributed by atoms with Gasteiger partial charge in [0.1, 0.15) is 11.4 Å². The van der Waals surface area contributed by atoms with Crippen molar-refractivity contribution >= 4 is 32.9 Å². The van der Waals surface area contributed by atoms with E-state index in [1.165, 1.54) is 5.56 Å². The van der Waals surface area contributed by atoms with Crippen molar-refractivity contribution in [3.05, 3.63) is 78.4 Å². The first-order valence-corrected chi connectivity index (χ1v) is 7.85. The molecule has 0 unspecified atom stereocenters. The standard InChI is InChI=1S/C21H16N2O/c1-14-10-12-19(18-9-5-4-7-16(14)18)22-23-21-17-8-3-2-6-15(17)11-13-20(21)24/h2-13,24H,1H3. The third-order valence-corrected chi connectivity index (χ3v) is 4.26. The summed E-state index contributed by atoms with van der Waals surface area (Å²) in [6.07, 6.45) is 0. The Morgan fingerprint density at radius 1 is 0.667 bits per heavy atom. The summed E-state index contributed by atoms with van der Waals surface area (Å²) >= 11 is 0. The van der Waals surface area contributed by atoms with E-state index in [-0.39, 0.29) is 5.75 Å². The van der Waals surface area contributed by atoms with Crippen LogP contribution in [0, 0.1) is 6.92 Å². The number of aryl methyl sites for hydroxylation is 1. The van der Waals surface area contributed by atoms with Crippen LogP contribution in [0.15, 0.2) is 83.0 Å². The largest absolute Gasteiger partial charge is 0.506 e. The van der Waals surface area contributed by atoms with Gasteiger partial charge in [-0.3, -0.25) is 0 Å². The number of rotatable bonds is 2. The summed E-state index contributed by atoms with van der Waals surface area (Å²) in [5.74, 6) is 0.133. The second kappa shape index (κ2) is 5.78. The lowest BCUT2D eigenvalue weighted by Gasteiger charge is -2.06. The van der Waals surface area contributed by atoms with Crippen LogP contribution >= 0.6 is 0 Å². The Bertz CT molecular complexity index is 1080. The lowest BCUT2D eigenvalue weighted by Crippen LogP contribution is -1.79. The zero-order valence-corrected chi connectivity index (χ0v) is 13.3. The fourth-order valence-electron chi connectivity index (χ4n) is 2.97. The second-order valence-electron chi connectivity index (χ2n) is 5.80. The third-order valence-electron chi connectivity index (χ3n) is 4.26. The second-order valence-corrected chi connectivity index (χ2v) is 5.80. The van der Waals surface area contributed by atoms with Crippen LogP contribution in [0.25, 0.3) is 21.5 Å². The minimum atomic E-state index is 0.133. The number of hydrogen-bond donors (Lipinski definition) is 1. The van der Waals surface area contributed by atoms with Gasteiger partial charge in [0.05, 0.1) is 5.69 Å². The smallest absolute Gasteiger partial charge is 0.143 e. The zero-order chi connectivity index (χ0) is 16.5. The van der Waals surface area contributed by atoms with E-state index >= 15 is 0 Å². The van der Waals surface area contributed by atoms with Gasteiger partial charge in [-0.15, -0.1) is 10.2 Å². The molecule has 0 aliphatic rings. The summed E-state index contributed by atoms with van der Waals surface area (Å²) in [6, 6.07) is 23.5. The van der Waals surface area contributed by atoms with Gasteiger partial charge in [-0.05, 0) is 35.4 Å². The van der Waals surface area contributed by atoms with Crippen molar-refractivity contribution in [2.24, 2.45) is 10.2 Å². The highest BCUT2D eigenvalue weighted by molar-refractivity contribution is 5.96. The number of hydrogen-bond acceptors (Lipinski definition) is 3. The van der Waals surface area contributed by atoms with E-state index in [1.807, 2.05) is 60.7 Å². The van der Waals surface area contributed by atoms with Crippen LogP contribution in [0.3, 0.4) is 0 Å². The van der Waals surface area contributed by atoms with Gasteiger partial charge in [0.25, 0.3) is 0 Å². The van der Waals surface area contributed by atoms with Gasteiger partial charge in [0.15, 0.2) is 0 Å². The molecule has 0 amide bonds. The molecular formula is C21H16N2O. The number of aromatic hydroxyl groups is 1. The molecule has 0 aliphatic carbocycles. The highest BCUT2D eigenvalue weighted by Gasteiger charge is 2.07. The van der Waals surface area contributed by atoms with Crippen LogP contribution in [-0.4, -0.2) is 5.11 Å². The summed E-state index contributed by atoms with van der Waals surface area (Å²) in [5, 5.41) is 23.1. The van der Waals surface area contributed by atoms with Crippen molar-refractivity contribution in [2.75, 3.05) is 0 Å². The van der Waals surface area contributed by atoms with E-state index in [0.29, 0.717) is 5.69 Å². The molecular weight excluding hydrogens is 296 g/mol. The maximum Gasteiger partial charge on any atom is 0.143 e. The summed E-state index contributed by atoms with van der Waals surface area (Å²) in [6.45, 7) is 2.08. The number of benzene rings is 4. The highest BCUT2D eigenvalue weighted by Crippen LogP contribution is 2.37. The van der Waals surface area contributed by atoms with E-state index in [0.717, 1.165) is 27.2 Å². The minimum Gasteiger partial charge on any atom is -0.506 e. The lowest BCUT2D eigenvalue weighted by molar-refractivity contribution is 0.477. The Balaban J connectivity index is 1.88. The maximum atomic E-state index is 10.2. The van der Waals surface area contributed by atoms with Crippen molar-refractivity contribution in [1.29, 1.82) is 0 Å². The molecule has 1 N–H and O–H groups in total. The van der Waals surface area contributed by atoms with Gasteiger partial charge in [0, 0.05) is 10.8 Å². The summed E-state index contributed by atoms with van der Waals surface area (Å²) in [7, 11) is 0. The molecule has 0 radical (unpaired) electrons. The summed E-state index contributed by atoms with van der Waals surface area (Å²) in [5.41, 5.74) is 2.50. The number of azo groups is 1. The van der Waals surface area contributed by atoms with Gasteiger partial charge in [-0.25, -0.2) is 0 Å². The van der Waals surface area contributed by atoms with Crippen molar-refractivity contribution in [1.82, 2.24) is 0 Å². The Kier molecular flexibility index (Phi) is 3.47. The quantitative estimate of drug-likeness (QED) is 0.426. The number of nitrogens with zero attached hydrogens (tertiary/aromatic N) is 2. The molecule has 0 aliphatic heterocycles. The topological polar surface area (TPSA) is 45.0 Å². The molecule has 0 heterocycles. The van der Waals surface area contributed by atoms with Crippen LogP contribution in [0.4, 0.5) is 11.4 Å². The molecule has 4 aromatic rings. The molecule has 0 bridgehead atoms. The van der Waals surface area contributed by atoms with Gasteiger partial charge >= 0.3 is 0 Å². The predicted octanol–water partition coefficient (Wildman–Crippen LogP) is 6.42. The van der Waals surface area contributed by atoms with Gasteiger partial charge in [-0.2, -0.15) is 0 Å². The Morgan fingerprint density at radius 3 is 2.21 bits per heavy atom. The number of fused-ring (bicyclic) bond motifs is 2. The van der Waals surface area contributed by atoms with Gasteiger partial charge < -0.3 is 5.11 Å². The Morgan fingerprint density at radius 2 is 1.38 bits per heavy atom. The molecule has 0 aromatic heterocycles. The van der Waals surface area contributed by atoms with Crippen LogP contribution in [-0.2, 0) is 0 Å². The molecule has 0 atom stereocenters. The van der Waals surface area contributed by atoms with E-state index in [9.17, 15) is 5.11 Å². The van der Waals surface area contributed by atoms with Crippen LogP contribution in [0.2, 0.25) is 0 Å². The molecule has 0 fully saturated rings. The molecule has 4 rings (SSSR count). The average Bonchev–Trinajstić information content (AvgIpc) is 2.63. The maximum absolute atomic E-state index is 10.2. The normalized spacial score (nSPS) is 11.5. The molecule has 0 spiro atoms. The van der Waals surface area contributed by atoms with Crippen molar-refractivity contribution in [3.63, 3.8) is 0 Å². The van der Waals surface area contributed by atoms with Gasteiger partial charge in [-0.1, -0.05) is 60.7 Å². The van der Waals surface area contributed by atoms with Crippen molar-refractivity contribution in [3.8, 4) is 5.75 Å². The monoisotopic (exact) mass is 312 g/mol. The van der Waals surface area contributed by atoms with E-state index in [4.69, 9.17) is 0 Å². The van der Waals surface area contributed by atoms with E-state index < -0.39 is 0 Å². The Labute approximate surface area is 139 Å². The minimum absolute atomic E-state index is 0.133. The highest BCUT2D eigenvalue weighted by atomic mass is 16.3. The molecule has 0 saturated heterocycles. The molecule has 3 heteroatoms. The van der Waals surface area contributed by atoms with Crippen molar-refractivity contribution < 1.29 is 5.11 Å². The SMILES string of the molecule is Cc1ccc(N=Nc2c(O)ccc3ccccc23)c2ccccc12. The van der Waals surface area contributed by atoms with Crippen LogP contribution in [0.1, 0.15) is 5.56 Å². The first-order valence-electron chi connectivity index (χ1n) is 7.85. The first kappa shape index (κ1) is 14.4. The molecule has 116 valence electrons. The fraction of sp³-hybridized carbons (Fsp3) is 0.0476. The fourth-order valence-corrected chi connectivity index (χ4v) is 2.97. The Hall–Kier alpha value is -3.20.